The molecule has 5 nitrogen and oxygen atoms in total. The average Bonchev–Trinajstić information content (AvgIpc) is 2.98. The van der Waals surface area contributed by atoms with Crippen LogP contribution in [0.5, 0.6) is 0 Å². The highest BCUT2D eigenvalue weighted by Gasteiger charge is 2.12. The Morgan fingerprint density at radius 3 is 2.26 bits per heavy atom. The number of nitrogens with zero attached hydrogens (tertiary/aromatic N) is 2. The van der Waals surface area contributed by atoms with Crippen molar-refractivity contribution in [3.05, 3.63) is 66.0 Å². The Kier molecular flexibility index (Phi) is 4.09. The van der Waals surface area contributed by atoms with Crippen LogP contribution in [0.15, 0.2) is 53.1 Å². The molecule has 2 aromatic carbocycles. The van der Waals surface area contributed by atoms with Crippen LogP contribution in [0.3, 0.4) is 0 Å². The van der Waals surface area contributed by atoms with Crippen LogP contribution in [0, 0.1) is 11.6 Å². The molecule has 0 fully saturated rings. The summed E-state index contributed by atoms with van der Waals surface area (Å²) in [5, 5.41) is 6.31. The van der Waals surface area contributed by atoms with Gasteiger partial charge in [-0.15, -0.1) is 0 Å². The van der Waals surface area contributed by atoms with Gasteiger partial charge in [-0.1, -0.05) is 5.16 Å². The van der Waals surface area contributed by atoms with Crippen molar-refractivity contribution in [3.63, 3.8) is 0 Å². The summed E-state index contributed by atoms with van der Waals surface area (Å²) < 4.78 is 30.7. The zero-order chi connectivity index (χ0) is 16.2. The van der Waals surface area contributed by atoms with Crippen molar-refractivity contribution in [2.45, 2.75) is 6.42 Å². The number of benzene rings is 2. The van der Waals surface area contributed by atoms with E-state index in [1.54, 1.807) is 0 Å². The molecule has 23 heavy (non-hydrogen) atoms. The summed E-state index contributed by atoms with van der Waals surface area (Å²) in [6.45, 7) is 0. The van der Waals surface area contributed by atoms with E-state index in [1.807, 2.05) is 0 Å². The van der Waals surface area contributed by atoms with E-state index in [4.69, 9.17) is 4.52 Å². The normalized spacial score (nSPS) is 10.5. The van der Waals surface area contributed by atoms with Crippen LogP contribution in [-0.2, 0) is 11.2 Å². The van der Waals surface area contributed by atoms with E-state index in [9.17, 15) is 13.6 Å². The Balaban J connectivity index is 1.65. The summed E-state index contributed by atoms with van der Waals surface area (Å²) in [4.78, 5) is 16.0. The van der Waals surface area contributed by atoms with Gasteiger partial charge < -0.3 is 9.84 Å². The van der Waals surface area contributed by atoms with Crippen molar-refractivity contribution in [2.24, 2.45) is 0 Å². The van der Waals surface area contributed by atoms with Gasteiger partial charge in [0.15, 0.2) is 5.82 Å². The molecule has 0 atom stereocenters. The fourth-order valence-corrected chi connectivity index (χ4v) is 1.92. The molecule has 0 radical (unpaired) electrons. The lowest BCUT2D eigenvalue weighted by molar-refractivity contribution is -0.115. The molecule has 0 saturated carbocycles. The first kappa shape index (κ1) is 14.8. The van der Waals surface area contributed by atoms with E-state index < -0.39 is 0 Å². The maximum Gasteiger partial charge on any atom is 0.257 e. The topological polar surface area (TPSA) is 68.0 Å². The highest BCUT2D eigenvalue weighted by Crippen LogP contribution is 2.17. The quantitative estimate of drug-likeness (QED) is 0.803. The second-order valence-electron chi connectivity index (χ2n) is 4.75. The lowest BCUT2D eigenvalue weighted by Gasteiger charge is -2.02. The van der Waals surface area contributed by atoms with E-state index in [1.165, 1.54) is 48.5 Å². The third-order valence-electron chi connectivity index (χ3n) is 3.01. The van der Waals surface area contributed by atoms with E-state index in [-0.39, 0.29) is 35.7 Å². The van der Waals surface area contributed by atoms with E-state index >= 15 is 0 Å². The number of carbonyl (C=O) groups excluding carboxylic acids is 1. The van der Waals surface area contributed by atoms with Crippen molar-refractivity contribution < 1.29 is 18.1 Å². The van der Waals surface area contributed by atoms with Gasteiger partial charge in [0, 0.05) is 11.3 Å². The molecule has 0 unspecified atom stereocenters. The van der Waals surface area contributed by atoms with Crippen LogP contribution in [0.1, 0.15) is 5.82 Å². The lowest BCUT2D eigenvalue weighted by Crippen LogP contribution is -2.15. The van der Waals surface area contributed by atoms with Gasteiger partial charge in [0.1, 0.15) is 11.6 Å². The van der Waals surface area contributed by atoms with Crippen LogP contribution in [0.4, 0.5) is 14.5 Å². The van der Waals surface area contributed by atoms with E-state index in [0.717, 1.165) is 0 Å². The van der Waals surface area contributed by atoms with Crippen molar-refractivity contribution in [1.29, 1.82) is 0 Å². The number of hydrogen-bond acceptors (Lipinski definition) is 4. The van der Waals surface area contributed by atoms with Crippen LogP contribution in [0.2, 0.25) is 0 Å². The van der Waals surface area contributed by atoms with Gasteiger partial charge >= 0.3 is 0 Å². The molecular formula is C16H11F2N3O2. The number of nitrogens with one attached hydrogen (secondary N) is 1. The molecular weight excluding hydrogens is 304 g/mol. The summed E-state index contributed by atoms with van der Waals surface area (Å²) in [7, 11) is 0. The number of anilines is 1. The van der Waals surface area contributed by atoms with Crippen LogP contribution in [-0.4, -0.2) is 16.0 Å². The van der Waals surface area contributed by atoms with Crippen LogP contribution < -0.4 is 5.32 Å². The summed E-state index contributed by atoms with van der Waals surface area (Å²) in [5.74, 6) is -0.709. The highest BCUT2D eigenvalue weighted by molar-refractivity contribution is 5.91. The zero-order valence-corrected chi connectivity index (χ0v) is 11.8. The Hall–Kier alpha value is -3.09. The molecule has 7 heteroatoms. The highest BCUT2D eigenvalue weighted by atomic mass is 19.1. The molecule has 1 heterocycles. The van der Waals surface area contributed by atoms with Gasteiger partial charge in [0.25, 0.3) is 5.89 Å². The van der Waals surface area contributed by atoms with E-state index in [2.05, 4.69) is 15.5 Å². The summed E-state index contributed by atoms with van der Waals surface area (Å²) in [6, 6.07) is 11.0. The van der Waals surface area contributed by atoms with Gasteiger partial charge in [0.05, 0.1) is 6.42 Å². The fourth-order valence-electron chi connectivity index (χ4n) is 1.92. The maximum absolute atomic E-state index is 12.9. The fraction of sp³-hybridized carbons (Fsp3) is 0.0625. The second-order valence-corrected chi connectivity index (χ2v) is 4.75. The largest absolute Gasteiger partial charge is 0.334 e. The standard InChI is InChI=1S/C16H11F2N3O2/c17-11-3-1-10(2-4-11)16-20-14(21-23-16)9-15(22)19-13-7-5-12(18)6-8-13/h1-8H,9H2,(H,19,22). The van der Waals surface area contributed by atoms with Crippen LogP contribution in [0.25, 0.3) is 11.5 Å². The number of carbonyl (C=O) groups is 1. The molecule has 1 N–H and O–H groups in total. The van der Waals surface area contributed by atoms with E-state index in [0.29, 0.717) is 11.3 Å². The molecule has 0 saturated heterocycles. The molecule has 0 aliphatic heterocycles. The number of rotatable bonds is 4. The molecule has 3 rings (SSSR count). The smallest absolute Gasteiger partial charge is 0.257 e. The van der Waals surface area contributed by atoms with Gasteiger partial charge in [0.2, 0.25) is 5.91 Å². The first-order chi connectivity index (χ1) is 11.1. The molecule has 0 aliphatic carbocycles. The first-order valence-electron chi connectivity index (χ1n) is 6.74. The lowest BCUT2D eigenvalue weighted by atomic mass is 10.2. The molecule has 1 amide bonds. The van der Waals surface area contributed by atoms with Crippen molar-refractivity contribution in [3.8, 4) is 11.5 Å². The molecule has 1 aromatic heterocycles. The first-order valence-corrected chi connectivity index (χ1v) is 6.74. The number of amides is 1. The number of aromatic nitrogens is 2. The Bertz CT molecular complexity index is 814. The molecule has 0 aliphatic rings. The number of halogens is 2. The summed E-state index contributed by atoms with van der Waals surface area (Å²) >= 11 is 0. The monoisotopic (exact) mass is 315 g/mol. The van der Waals surface area contributed by atoms with Gasteiger partial charge in [-0.05, 0) is 48.5 Å². The maximum atomic E-state index is 12.9. The Morgan fingerprint density at radius 2 is 1.61 bits per heavy atom. The molecule has 3 aromatic rings. The summed E-state index contributed by atoms with van der Waals surface area (Å²) in [6.07, 6.45) is -0.0952. The van der Waals surface area contributed by atoms with Gasteiger partial charge in [-0.25, -0.2) is 8.78 Å². The Morgan fingerprint density at radius 1 is 1.00 bits per heavy atom. The number of hydrogen-bond donors (Lipinski definition) is 1. The third kappa shape index (κ3) is 3.76. The average molecular weight is 315 g/mol. The van der Waals surface area contributed by atoms with Crippen LogP contribution >= 0.6 is 0 Å². The van der Waals surface area contributed by atoms with Gasteiger partial charge in [-0.3, -0.25) is 4.79 Å². The minimum Gasteiger partial charge on any atom is -0.334 e. The summed E-state index contributed by atoms with van der Waals surface area (Å²) in [5.41, 5.74) is 1.03. The molecule has 116 valence electrons. The minimum absolute atomic E-state index is 0.0952. The predicted molar refractivity (Wildman–Crippen MR) is 78.4 cm³/mol. The van der Waals surface area contributed by atoms with Crippen molar-refractivity contribution in [1.82, 2.24) is 10.1 Å². The Labute approximate surface area is 130 Å². The second kappa shape index (κ2) is 6.35. The van der Waals surface area contributed by atoms with Crippen molar-refractivity contribution >= 4 is 11.6 Å². The minimum atomic E-state index is -0.384. The van der Waals surface area contributed by atoms with Gasteiger partial charge in [-0.2, -0.15) is 4.98 Å². The molecule has 0 spiro atoms. The SMILES string of the molecule is O=C(Cc1noc(-c2ccc(F)cc2)n1)Nc1ccc(F)cc1. The van der Waals surface area contributed by atoms with Crippen molar-refractivity contribution in [2.75, 3.05) is 5.32 Å². The molecule has 0 bridgehead atoms. The third-order valence-corrected chi connectivity index (χ3v) is 3.01. The zero-order valence-electron chi connectivity index (χ0n) is 11.8. The predicted octanol–water partition coefficient (Wildman–Crippen LogP) is 3.20.